The van der Waals surface area contributed by atoms with E-state index in [0.717, 1.165) is 0 Å². The molecule has 119 valence electrons. The molecular formula is C18H22Co2Se-. The summed E-state index contributed by atoms with van der Waals surface area (Å²) >= 11 is 3.05. The van der Waals surface area contributed by atoms with E-state index in [0.29, 0.717) is 0 Å². The van der Waals surface area contributed by atoms with Crippen molar-refractivity contribution in [3.63, 3.8) is 0 Å². The normalized spacial score (nSPS) is 22.1. The predicted octanol–water partition coefficient (Wildman–Crippen LogP) is 4.16. The van der Waals surface area contributed by atoms with Gasteiger partial charge in [0.25, 0.3) is 0 Å². The van der Waals surface area contributed by atoms with E-state index in [9.17, 15) is 0 Å². The van der Waals surface area contributed by atoms with Gasteiger partial charge in [0.05, 0.1) is 0 Å². The van der Waals surface area contributed by atoms with Crippen LogP contribution in [0.2, 0.25) is 0 Å². The van der Waals surface area contributed by atoms with Gasteiger partial charge in [-0.3, -0.25) is 0 Å². The summed E-state index contributed by atoms with van der Waals surface area (Å²) in [5.41, 5.74) is 0. The molecule has 3 aliphatic rings. The zero-order chi connectivity index (χ0) is 13.6. The van der Waals surface area contributed by atoms with Crippen LogP contribution in [-0.2, 0) is 33.6 Å². The molecule has 0 unspecified atom stereocenters. The van der Waals surface area contributed by atoms with E-state index >= 15 is 0 Å². The first-order valence-electron chi connectivity index (χ1n) is 6.99. The van der Waals surface area contributed by atoms with Gasteiger partial charge in [0.2, 0.25) is 0 Å². The third kappa shape index (κ3) is 17.7. The van der Waals surface area contributed by atoms with E-state index in [1.165, 1.54) is 43.3 Å². The summed E-state index contributed by atoms with van der Waals surface area (Å²) in [6.07, 6.45) is 31.3. The standard InChI is InChI=1S/C8H12Se.2C5H5.2Co/c9-8-6-4-2-1-3-5-7-8;2*1-2-4-5-3-1;;/h1-6H2;2*1-5H;;/q-1;;;;. The summed E-state index contributed by atoms with van der Waals surface area (Å²) in [6, 6.07) is 0. The van der Waals surface area contributed by atoms with Gasteiger partial charge in [-0.1, -0.05) is 0 Å². The van der Waals surface area contributed by atoms with E-state index < -0.39 is 0 Å². The summed E-state index contributed by atoms with van der Waals surface area (Å²) in [5, 5.41) is 0. The van der Waals surface area contributed by atoms with Crippen molar-refractivity contribution in [3.05, 3.63) is 75.4 Å². The number of rotatable bonds is 0. The quantitative estimate of drug-likeness (QED) is 0.396. The van der Waals surface area contributed by atoms with E-state index in [1.807, 2.05) is 64.2 Å². The molecule has 3 rings (SSSR count). The van der Waals surface area contributed by atoms with Crippen LogP contribution >= 0.6 is 0 Å². The Hall–Kier alpha value is 1.53. The molecule has 3 aliphatic carbocycles. The molecule has 0 nitrogen and oxygen atoms in total. The molecule has 0 aromatic carbocycles. The molecule has 0 aromatic rings. The maximum atomic E-state index is 3.35. The summed E-state index contributed by atoms with van der Waals surface area (Å²) in [5.74, 6) is 0. The molecule has 0 spiro atoms. The fraction of sp³-hybridized carbons (Fsp3) is 0.333. The molecule has 0 N–H and O–H groups in total. The van der Waals surface area contributed by atoms with Crippen LogP contribution in [0.3, 0.4) is 0 Å². The molecule has 15 radical (unpaired) electrons. The Labute approximate surface area is 163 Å². The second-order valence-corrected chi connectivity index (χ2v) is 5.47. The Morgan fingerprint density at radius 3 is 1.43 bits per heavy atom. The molecule has 0 bridgehead atoms. The molecule has 3 fully saturated rings. The minimum absolute atomic E-state index is 0. The second kappa shape index (κ2) is 19.6. The van der Waals surface area contributed by atoms with Crippen LogP contribution in [0.1, 0.15) is 38.5 Å². The van der Waals surface area contributed by atoms with Crippen molar-refractivity contribution in [1.82, 2.24) is 0 Å². The SMILES string of the molecule is [CH]1[CH][CH][CH][CH]1.[CH]1[CH][CH][CH][CH]1.[Co].[Co].[Se][C]1[C-]CCCCCC1. The Morgan fingerprint density at radius 2 is 1.00 bits per heavy atom. The zero-order valence-electron chi connectivity index (χ0n) is 12.1. The van der Waals surface area contributed by atoms with Gasteiger partial charge < -0.3 is 0 Å². The monoisotopic (exact) mass is 436 g/mol. The van der Waals surface area contributed by atoms with Crippen LogP contribution in [0.15, 0.2) is 0 Å². The van der Waals surface area contributed by atoms with Crippen LogP contribution in [-0.4, -0.2) is 16.0 Å². The van der Waals surface area contributed by atoms with E-state index in [1.54, 1.807) is 0 Å². The first-order valence-corrected chi connectivity index (χ1v) is 7.85. The molecule has 0 aromatic heterocycles. The number of hydrogen-bond donors (Lipinski definition) is 0. The summed E-state index contributed by atoms with van der Waals surface area (Å²) in [4.78, 5) is 1.36. The average Bonchev–Trinajstić information content (AvgIpc) is 3.09. The molecule has 0 atom stereocenters. The topological polar surface area (TPSA) is 0 Å². The molecular weight excluding hydrogens is 413 g/mol. The maximum absolute atomic E-state index is 3.35. The Kier molecular flexibility index (Phi) is 23.1. The second-order valence-electron chi connectivity index (χ2n) is 4.44. The minimum atomic E-state index is 0. The third-order valence-corrected chi connectivity index (χ3v) is 3.49. The fourth-order valence-corrected chi connectivity index (χ4v) is 2.24. The van der Waals surface area contributed by atoms with Gasteiger partial charge in [-0.05, 0) is 64.2 Å². The van der Waals surface area contributed by atoms with Gasteiger partial charge in [0, 0.05) is 33.6 Å². The Bertz CT molecular complexity index is 147. The van der Waals surface area contributed by atoms with E-state index in [2.05, 4.69) is 22.4 Å². The Balaban J connectivity index is 0. The van der Waals surface area contributed by atoms with Gasteiger partial charge in [-0.15, -0.1) is 0 Å². The van der Waals surface area contributed by atoms with Gasteiger partial charge >= 0.3 is 65.8 Å². The van der Waals surface area contributed by atoms with Crippen LogP contribution in [0.4, 0.5) is 0 Å². The molecule has 0 saturated heterocycles. The fourth-order valence-electron chi connectivity index (χ4n) is 1.72. The summed E-state index contributed by atoms with van der Waals surface area (Å²) in [6.45, 7) is 0. The average molecular weight is 435 g/mol. The van der Waals surface area contributed by atoms with Crippen molar-refractivity contribution in [2.75, 3.05) is 0 Å². The molecule has 0 heterocycles. The van der Waals surface area contributed by atoms with Crippen molar-refractivity contribution in [3.8, 4) is 0 Å². The van der Waals surface area contributed by atoms with Crippen LogP contribution in [0, 0.1) is 75.4 Å². The molecule has 0 aliphatic heterocycles. The van der Waals surface area contributed by atoms with Crippen molar-refractivity contribution >= 4 is 16.0 Å². The van der Waals surface area contributed by atoms with Crippen LogP contribution in [0.25, 0.3) is 0 Å². The molecule has 21 heavy (non-hydrogen) atoms. The summed E-state index contributed by atoms with van der Waals surface area (Å²) in [7, 11) is 0. The van der Waals surface area contributed by atoms with Gasteiger partial charge in [-0.2, -0.15) is 0 Å². The first kappa shape index (κ1) is 24.8. The van der Waals surface area contributed by atoms with Crippen LogP contribution < -0.4 is 0 Å². The van der Waals surface area contributed by atoms with E-state index in [4.69, 9.17) is 0 Å². The zero-order valence-corrected chi connectivity index (χ0v) is 15.9. The van der Waals surface area contributed by atoms with Gasteiger partial charge in [0.15, 0.2) is 0 Å². The van der Waals surface area contributed by atoms with Gasteiger partial charge in [-0.25, -0.2) is 0 Å². The number of hydrogen-bond acceptors (Lipinski definition) is 0. The Morgan fingerprint density at radius 1 is 0.619 bits per heavy atom. The molecule has 3 saturated carbocycles. The van der Waals surface area contributed by atoms with Crippen molar-refractivity contribution < 1.29 is 33.6 Å². The predicted molar refractivity (Wildman–Crippen MR) is 82.9 cm³/mol. The van der Waals surface area contributed by atoms with Crippen molar-refractivity contribution in [2.24, 2.45) is 0 Å². The summed E-state index contributed by atoms with van der Waals surface area (Å²) < 4.78 is 0. The van der Waals surface area contributed by atoms with Gasteiger partial charge in [0.1, 0.15) is 0 Å². The van der Waals surface area contributed by atoms with Crippen molar-refractivity contribution in [1.29, 1.82) is 0 Å². The van der Waals surface area contributed by atoms with Crippen molar-refractivity contribution in [2.45, 2.75) is 38.5 Å². The van der Waals surface area contributed by atoms with E-state index in [-0.39, 0.29) is 33.6 Å². The van der Waals surface area contributed by atoms with Crippen LogP contribution in [0.5, 0.6) is 0 Å². The molecule has 3 heteroatoms. The first-order chi connectivity index (χ1) is 9.39. The third-order valence-electron chi connectivity index (χ3n) is 2.76. The molecule has 0 amide bonds.